The van der Waals surface area contributed by atoms with E-state index >= 15 is 0 Å². The zero-order valence-electron chi connectivity index (χ0n) is 10.3. The number of carbonyl (C=O) groups is 1. The fourth-order valence-corrected chi connectivity index (χ4v) is 1.85. The monoisotopic (exact) mass is 222 g/mol. The van der Waals surface area contributed by atoms with E-state index in [1.165, 1.54) is 31.4 Å². The van der Waals surface area contributed by atoms with Crippen molar-refractivity contribution in [2.24, 2.45) is 5.73 Å². The number of carbonyl (C=O) groups excluding carboxylic acids is 1. The van der Waals surface area contributed by atoms with Crippen LogP contribution in [0, 0.1) is 0 Å². The lowest BCUT2D eigenvalue weighted by Gasteiger charge is -2.28. The second-order valence-electron chi connectivity index (χ2n) is 4.35. The summed E-state index contributed by atoms with van der Waals surface area (Å²) in [5.74, 6) is -0.303. The predicted octanol–water partition coefficient (Wildman–Crippen LogP) is 2.20. The molecule has 1 rings (SSSR count). The molecule has 0 unspecified atom stereocenters. The van der Waals surface area contributed by atoms with Gasteiger partial charge in [-0.3, -0.25) is 4.79 Å². The number of nitrogens with zero attached hydrogens (tertiary/aromatic N) is 1. The van der Waals surface area contributed by atoms with E-state index in [1.54, 1.807) is 0 Å². The molecule has 0 spiro atoms. The number of hydrogen-bond acceptors (Lipinski definition) is 2. The van der Waals surface area contributed by atoms with Crippen LogP contribution < -0.4 is 5.73 Å². The average Bonchev–Trinajstić information content (AvgIpc) is 2.26. The number of unbranched alkanes of at least 4 members (excludes halogenated alkanes) is 3. The summed E-state index contributed by atoms with van der Waals surface area (Å²) in [4.78, 5) is 13.3. The Kier molecular flexibility index (Phi) is 5.09. The van der Waals surface area contributed by atoms with E-state index in [4.69, 9.17) is 5.73 Å². The Bertz CT molecular complexity index is 305. The number of amides is 1. The molecule has 0 aromatic carbocycles. The normalized spacial score (nSPS) is 15.8. The van der Waals surface area contributed by atoms with Crippen LogP contribution in [0.4, 0.5) is 0 Å². The maximum absolute atomic E-state index is 11.1. The third-order valence-electron chi connectivity index (χ3n) is 2.98. The molecule has 1 heterocycles. The second-order valence-corrected chi connectivity index (χ2v) is 4.35. The van der Waals surface area contributed by atoms with Gasteiger partial charge in [-0.15, -0.1) is 0 Å². The van der Waals surface area contributed by atoms with E-state index in [0.717, 1.165) is 6.54 Å². The molecular formula is C13H22N2O. The largest absolute Gasteiger partial charge is 0.371 e. The standard InChI is InChI=1S/C13H22N2O/c1-3-4-5-6-9-15-10-12(13(14)16)8-7-11(15)2/h7-8H,3-6,9-10H2,1-2H3,(H2,14,16). The molecule has 0 aromatic heterocycles. The molecule has 16 heavy (non-hydrogen) atoms. The molecule has 1 aliphatic heterocycles. The Morgan fingerprint density at radius 2 is 2.12 bits per heavy atom. The van der Waals surface area contributed by atoms with E-state index in [1.807, 2.05) is 12.2 Å². The molecular weight excluding hydrogens is 200 g/mol. The van der Waals surface area contributed by atoms with Crippen molar-refractivity contribution in [3.05, 3.63) is 23.4 Å². The van der Waals surface area contributed by atoms with Gasteiger partial charge >= 0.3 is 0 Å². The van der Waals surface area contributed by atoms with Crippen molar-refractivity contribution in [2.45, 2.75) is 39.5 Å². The van der Waals surface area contributed by atoms with Crippen LogP contribution in [0.15, 0.2) is 23.4 Å². The first-order chi connectivity index (χ1) is 7.65. The van der Waals surface area contributed by atoms with Crippen LogP contribution in [0.25, 0.3) is 0 Å². The van der Waals surface area contributed by atoms with Crippen LogP contribution in [0.5, 0.6) is 0 Å². The van der Waals surface area contributed by atoms with Gasteiger partial charge in [-0.2, -0.15) is 0 Å². The third kappa shape index (κ3) is 3.72. The molecule has 1 aliphatic rings. The summed E-state index contributed by atoms with van der Waals surface area (Å²) in [5, 5.41) is 0. The summed E-state index contributed by atoms with van der Waals surface area (Å²) in [6.45, 7) is 5.98. The molecule has 0 saturated carbocycles. The van der Waals surface area contributed by atoms with Crippen LogP contribution in [0.3, 0.4) is 0 Å². The third-order valence-corrected chi connectivity index (χ3v) is 2.98. The highest BCUT2D eigenvalue weighted by Crippen LogP contribution is 2.15. The number of allylic oxidation sites excluding steroid dienone is 3. The van der Waals surface area contributed by atoms with Crippen molar-refractivity contribution in [3.8, 4) is 0 Å². The molecule has 0 atom stereocenters. The molecule has 0 fully saturated rings. The number of primary amides is 1. The minimum absolute atomic E-state index is 0.303. The fourth-order valence-electron chi connectivity index (χ4n) is 1.85. The van der Waals surface area contributed by atoms with E-state index < -0.39 is 0 Å². The first-order valence-electron chi connectivity index (χ1n) is 6.07. The topological polar surface area (TPSA) is 46.3 Å². The zero-order valence-corrected chi connectivity index (χ0v) is 10.3. The summed E-state index contributed by atoms with van der Waals surface area (Å²) in [7, 11) is 0. The second kappa shape index (κ2) is 6.36. The highest BCUT2D eigenvalue weighted by atomic mass is 16.1. The van der Waals surface area contributed by atoms with Crippen molar-refractivity contribution in [2.75, 3.05) is 13.1 Å². The minimum Gasteiger partial charge on any atom is -0.371 e. The molecule has 1 amide bonds. The quantitative estimate of drug-likeness (QED) is 0.700. The summed E-state index contributed by atoms with van der Waals surface area (Å²) < 4.78 is 0. The van der Waals surface area contributed by atoms with Crippen molar-refractivity contribution >= 4 is 5.91 Å². The lowest BCUT2D eigenvalue weighted by molar-refractivity contribution is -0.114. The van der Waals surface area contributed by atoms with E-state index in [9.17, 15) is 4.79 Å². The van der Waals surface area contributed by atoms with Gasteiger partial charge in [-0.25, -0.2) is 0 Å². The highest BCUT2D eigenvalue weighted by molar-refractivity contribution is 5.93. The van der Waals surface area contributed by atoms with Gasteiger partial charge in [0.1, 0.15) is 0 Å². The molecule has 90 valence electrons. The van der Waals surface area contributed by atoms with Crippen LogP contribution in [-0.4, -0.2) is 23.9 Å². The summed E-state index contributed by atoms with van der Waals surface area (Å²) >= 11 is 0. The van der Waals surface area contributed by atoms with Crippen molar-refractivity contribution in [3.63, 3.8) is 0 Å². The molecule has 0 radical (unpaired) electrons. The molecule has 2 N–H and O–H groups in total. The van der Waals surface area contributed by atoms with Gasteiger partial charge in [-0.1, -0.05) is 32.3 Å². The maximum Gasteiger partial charge on any atom is 0.246 e. The van der Waals surface area contributed by atoms with Gasteiger partial charge in [0, 0.05) is 24.4 Å². The lowest BCUT2D eigenvalue weighted by Crippen LogP contribution is -2.32. The SMILES string of the molecule is CCCCCCN1CC(C(N)=O)=CC=C1C. The van der Waals surface area contributed by atoms with Crippen molar-refractivity contribution < 1.29 is 4.79 Å². The lowest BCUT2D eigenvalue weighted by atomic mass is 10.1. The summed E-state index contributed by atoms with van der Waals surface area (Å²) in [5.41, 5.74) is 7.22. The van der Waals surface area contributed by atoms with Crippen molar-refractivity contribution in [1.29, 1.82) is 0 Å². The Labute approximate surface area is 98.0 Å². The van der Waals surface area contributed by atoms with Gasteiger partial charge < -0.3 is 10.6 Å². The van der Waals surface area contributed by atoms with E-state index in [-0.39, 0.29) is 5.91 Å². The average molecular weight is 222 g/mol. The Balaban J connectivity index is 2.41. The molecule has 0 saturated heterocycles. The highest BCUT2D eigenvalue weighted by Gasteiger charge is 2.14. The van der Waals surface area contributed by atoms with Crippen LogP contribution in [-0.2, 0) is 4.79 Å². The van der Waals surface area contributed by atoms with E-state index in [2.05, 4.69) is 18.7 Å². The molecule has 0 aromatic rings. The smallest absolute Gasteiger partial charge is 0.246 e. The fraction of sp³-hybridized carbons (Fsp3) is 0.615. The molecule has 3 nitrogen and oxygen atoms in total. The van der Waals surface area contributed by atoms with Gasteiger partial charge in [0.15, 0.2) is 0 Å². The summed E-state index contributed by atoms with van der Waals surface area (Å²) in [6, 6.07) is 0. The maximum atomic E-state index is 11.1. The number of rotatable bonds is 6. The van der Waals surface area contributed by atoms with Gasteiger partial charge in [0.05, 0.1) is 0 Å². The van der Waals surface area contributed by atoms with Gasteiger partial charge in [0.2, 0.25) is 5.91 Å². The first-order valence-corrected chi connectivity index (χ1v) is 6.07. The molecule has 0 aliphatic carbocycles. The predicted molar refractivity (Wildman–Crippen MR) is 66.7 cm³/mol. The van der Waals surface area contributed by atoms with Crippen LogP contribution in [0.1, 0.15) is 39.5 Å². The zero-order chi connectivity index (χ0) is 12.0. The van der Waals surface area contributed by atoms with Gasteiger partial charge in [0.25, 0.3) is 0 Å². The van der Waals surface area contributed by atoms with E-state index in [0.29, 0.717) is 12.1 Å². The summed E-state index contributed by atoms with van der Waals surface area (Å²) in [6.07, 6.45) is 8.79. The Morgan fingerprint density at radius 1 is 1.38 bits per heavy atom. The number of nitrogens with two attached hydrogens (primary N) is 1. The minimum atomic E-state index is -0.303. The molecule has 0 bridgehead atoms. The Hall–Kier alpha value is -1.25. The Morgan fingerprint density at radius 3 is 2.75 bits per heavy atom. The van der Waals surface area contributed by atoms with Crippen LogP contribution >= 0.6 is 0 Å². The van der Waals surface area contributed by atoms with Crippen molar-refractivity contribution in [1.82, 2.24) is 4.90 Å². The van der Waals surface area contributed by atoms with Crippen LogP contribution in [0.2, 0.25) is 0 Å². The number of hydrogen-bond donors (Lipinski definition) is 1. The van der Waals surface area contributed by atoms with Gasteiger partial charge in [-0.05, 0) is 19.4 Å². The first kappa shape index (κ1) is 12.8. The molecule has 3 heteroatoms.